The van der Waals surface area contributed by atoms with Crippen molar-refractivity contribution >= 4 is 39.1 Å². The Kier molecular flexibility index (Phi) is 7.49. The number of amides is 2. The number of benzene rings is 2. The second-order valence-electron chi connectivity index (χ2n) is 10.00. The molecule has 0 aliphatic carbocycles. The topological polar surface area (TPSA) is 71.3 Å². The Hall–Kier alpha value is -3.30. The fourth-order valence-electron chi connectivity index (χ4n) is 4.82. The molecule has 0 N–H and O–H groups in total. The molecule has 4 aromatic rings. The third-order valence-corrected chi connectivity index (χ3v) is 8.22. The average molecular weight is 593 g/mol. The van der Waals surface area contributed by atoms with Gasteiger partial charge in [-0.05, 0) is 44.0 Å². The molecule has 1 saturated heterocycles. The van der Waals surface area contributed by atoms with Gasteiger partial charge >= 0.3 is 0 Å². The molecule has 196 valence electrons. The van der Waals surface area contributed by atoms with E-state index in [1.54, 1.807) is 10.9 Å². The molecule has 1 aliphatic rings. The van der Waals surface area contributed by atoms with Crippen LogP contribution in [-0.2, 0) is 0 Å². The monoisotopic (exact) mass is 591 g/mol. The van der Waals surface area contributed by atoms with Gasteiger partial charge in [0.25, 0.3) is 11.8 Å². The number of piperazine rings is 1. The highest BCUT2D eigenvalue weighted by Gasteiger charge is 2.33. The summed E-state index contributed by atoms with van der Waals surface area (Å²) in [6.07, 6.45) is 1.66. The number of nitrogens with zero attached hydrogens (tertiary/aromatic N) is 5. The first-order valence-corrected chi connectivity index (χ1v) is 14.4. The van der Waals surface area contributed by atoms with Crippen LogP contribution in [0.25, 0.3) is 16.4 Å². The number of hydrogen-bond acceptors (Lipinski definition) is 5. The first-order valence-electron chi connectivity index (χ1n) is 12.7. The molecular weight excluding hydrogens is 562 g/mol. The third kappa shape index (κ3) is 5.17. The van der Waals surface area contributed by atoms with E-state index in [0.29, 0.717) is 30.8 Å². The van der Waals surface area contributed by atoms with Crippen molar-refractivity contribution in [1.29, 1.82) is 0 Å². The lowest BCUT2D eigenvalue weighted by Crippen LogP contribution is -2.55. The Bertz CT molecular complexity index is 1460. The van der Waals surface area contributed by atoms with E-state index in [1.165, 1.54) is 16.9 Å². The van der Waals surface area contributed by atoms with Crippen molar-refractivity contribution < 1.29 is 9.59 Å². The molecule has 1 atom stereocenters. The van der Waals surface area contributed by atoms with Gasteiger partial charge in [0, 0.05) is 46.7 Å². The van der Waals surface area contributed by atoms with Crippen molar-refractivity contribution in [2.45, 2.75) is 39.7 Å². The summed E-state index contributed by atoms with van der Waals surface area (Å²) in [6, 6.07) is 15.6. The van der Waals surface area contributed by atoms with E-state index in [4.69, 9.17) is 4.98 Å². The van der Waals surface area contributed by atoms with Crippen LogP contribution in [0.1, 0.15) is 58.7 Å². The van der Waals surface area contributed by atoms with E-state index in [9.17, 15) is 9.59 Å². The Morgan fingerprint density at radius 3 is 2.39 bits per heavy atom. The number of halogens is 1. The number of aromatic nitrogens is 3. The lowest BCUT2D eigenvalue weighted by Gasteiger charge is -2.40. The van der Waals surface area contributed by atoms with Crippen molar-refractivity contribution in [3.05, 3.63) is 87.0 Å². The van der Waals surface area contributed by atoms with Gasteiger partial charge in [0.1, 0.15) is 0 Å². The largest absolute Gasteiger partial charge is 0.335 e. The van der Waals surface area contributed by atoms with Crippen LogP contribution in [0.2, 0.25) is 0 Å². The SMILES string of the molecule is Cc1ccc(-c2csc(-n3ncc(C(=O)N4CCN(C(=O)c5ccc(Br)cc5)C(C)C4)c3C(C)C)n2)cc1. The third-order valence-electron chi connectivity index (χ3n) is 6.87. The second kappa shape index (κ2) is 10.8. The van der Waals surface area contributed by atoms with E-state index in [-0.39, 0.29) is 23.8 Å². The van der Waals surface area contributed by atoms with Crippen LogP contribution in [0.5, 0.6) is 0 Å². The molecule has 1 unspecified atom stereocenters. The van der Waals surface area contributed by atoms with Crippen LogP contribution in [0.15, 0.2) is 64.6 Å². The number of aryl methyl sites for hydroxylation is 1. The first kappa shape index (κ1) is 26.3. The first-order chi connectivity index (χ1) is 18.2. The summed E-state index contributed by atoms with van der Waals surface area (Å²) in [5.74, 6) is -0.000312. The zero-order valence-corrected chi connectivity index (χ0v) is 24.3. The van der Waals surface area contributed by atoms with Gasteiger partial charge in [0.2, 0.25) is 5.13 Å². The number of thiazole rings is 1. The average Bonchev–Trinajstić information content (AvgIpc) is 3.56. The van der Waals surface area contributed by atoms with Gasteiger partial charge in [-0.15, -0.1) is 11.3 Å². The number of rotatable bonds is 5. The van der Waals surface area contributed by atoms with Gasteiger partial charge in [-0.25, -0.2) is 9.67 Å². The van der Waals surface area contributed by atoms with Crippen molar-refractivity contribution in [1.82, 2.24) is 24.6 Å². The fourth-order valence-corrected chi connectivity index (χ4v) is 5.89. The smallest absolute Gasteiger partial charge is 0.257 e. The van der Waals surface area contributed by atoms with Gasteiger partial charge in [-0.1, -0.05) is 59.6 Å². The van der Waals surface area contributed by atoms with E-state index < -0.39 is 0 Å². The molecule has 2 aromatic carbocycles. The highest BCUT2D eigenvalue weighted by molar-refractivity contribution is 9.10. The predicted molar refractivity (Wildman–Crippen MR) is 154 cm³/mol. The minimum Gasteiger partial charge on any atom is -0.335 e. The summed E-state index contributed by atoms with van der Waals surface area (Å²) in [4.78, 5) is 35.3. The summed E-state index contributed by atoms with van der Waals surface area (Å²) in [5, 5.41) is 7.36. The maximum Gasteiger partial charge on any atom is 0.257 e. The van der Waals surface area contributed by atoms with Crippen molar-refractivity contribution in [2.75, 3.05) is 19.6 Å². The number of carbonyl (C=O) groups excluding carboxylic acids is 2. The molecule has 9 heteroatoms. The Morgan fingerprint density at radius 2 is 1.74 bits per heavy atom. The molecule has 0 bridgehead atoms. The minimum absolute atomic E-state index is 0.0130. The highest BCUT2D eigenvalue weighted by atomic mass is 79.9. The zero-order chi connectivity index (χ0) is 27.0. The van der Waals surface area contributed by atoms with E-state index in [1.807, 2.05) is 46.4 Å². The Balaban J connectivity index is 1.35. The molecule has 0 radical (unpaired) electrons. The maximum absolute atomic E-state index is 13.7. The molecule has 3 heterocycles. The summed E-state index contributed by atoms with van der Waals surface area (Å²) >= 11 is 4.93. The van der Waals surface area contributed by atoms with Gasteiger partial charge in [-0.3, -0.25) is 9.59 Å². The molecule has 38 heavy (non-hydrogen) atoms. The maximum atomic E-state index is 13.7. The molecule has 1 fully saturated rings. The van der Waals surface area contributed by atoms with Crippen molar-refractivity contribution in [2.24, 2.45) is 0 Å². The normalized spacial score (nSPS) is 15.8. The van der Waals surface area contributed by atoms with Gasteiger partial charge < -0.3 is 9.80 Å². The van der Waals surface area contributed by atoms with Crippen LogP contribution >= 0.6 is 27.3 Å². The van der Waals surface area contributed by atoms with Gasteiger partial charge in [0.05, 0.1) is 23.1 Å². The lowest BCUT2D eigenvalue weighted by molar-refractivity contribution is 0.0413. The van der Waals surface area contributed by atoms with Gasteiger partial charge in [0.15, 0.2) is 0 Å². The van der Waals surface area contributed by atoms with Crippen LogP contribution in [0, 0.1) is 6.92 Å². The summed E-state index contributed by atoms with van der Waals surface area (Å²) in [7, 11) is 0. The van der Waals surface area contributed by atoms with Gasteiger partial charge in [-0.2, -0.15) is 5.10 Å². The van der Waals surface area contributed by atoms with Crippen molar-refractivity contribution in [3.63, 3.8) is 0 Å². The lowest BCUT2D eigenvalue weighted by atomic mass is 10.0. The minimum atomic E-state index is -0.0996. The van der Waals surface area contributed by atoms with Crippen LogP contribution in [0.3, 0.4) is 0 Å². The summed E-state index contributed by atoms with van der Waals surface area (Å²) < 4.78 is 2.74. The quantitative estimate of drug-likeness (QED) is 0.278. The molecule has 5 rings (SSSR count). The van der Waals surface area contributed by atoms with Crippen LogP contribution < -0.4 is 0 Å². The number of hydrogen-bond donors (Lipinski definition) is 0. The molecule has 1 aliphatic heterocycles. The summed E-state index contributed by atoms with van der Waals surface area (Å²) in [5.41, 5.74) is 5.24. The molecule has 0 spiro atoms. The second-order valence-corrected chi connectivity index (χ2v) is 11.7. The van der Waals surface area contributed by atoms with E-state index >= 15 is 0 Å². The molecular formula is C29H30BrN5O2S. The summed E-state index contributed by atoms with van der Waals surface area (Å²) in [6.45, 7) is 9.62. The van der Waals surface area contributed by atoms with E-state index in [2.05, 4.69) is 66.1 Å². The molecule has 7 nitrogen and oxygen atoms in total. The molecule has 0 saturated carbocycles. The number of carbonyl (C=O) groups is 2. The molecule has 2 amide bonds. The van der Waals surface area contributed by atoms with Crippen molar-refractivity contribution in [3.8, 4) is 16.4 Å². The standard InChI is InChI=1S/C29H30BrN5O2S/c1-18(2)26-24(15-31-35(26)29-32-25(17-38-29)21-7-5-19(3)6-8-21)28(37)33-13-14-34(20(4)16-33)27(36)22-9-11-23(30)12-10-22/h5-12,15,17-18,20H,13-14,16H2,1-4H3. The van der Waals surface area contributed by atoms with E-state index in [0.717, 1.165) is 26.6 Å². The fraction of sp³-hybridized carbons (Fsp3) is 0.310. The predicted octanol–water partition coefficient (Wildman–Crippen LogP) is 6.18. The highest BCUT2D eigenvalue weighted by Crippen LogP contribution is 2.29. The van der Waals surface area contributed by atoms with Crippen LogP contribution in [0.4, 0.5) is 0 Å². The van der Waals surface area contributed by atoms with Crippen LogP contribution in [-0.4, -0.2) is 62.1 Å². The zero-order valence-electron chi connectivity index (χ0n) is 21.9. The Labute approximate surface area is 235 Å². The molecule has 2 aromatic heterocycles. The Morgan fingerprint density at radius 1 is 1.03 bits per heavy atom.